The molecule has 0 bridgehead atoms. The molecule has 0 aliphatic heterocycles. The van der Waals surface area contributed by atoms with E-state index in [-0.39, 0.29) is 25.7 Å². The van der Waals surface area contributed by atoms with Crippen LogP contribution in [0, 0.1) is 5.92 Å². The normalized spacial score (nSPS) is 29.2. The first-order valence-corrected chi connectivity index (χ1v) is 4.95. The third kappa shape index (κ3) is 4.34. The largest absolute Gasteiger partial charge is 0.481 e. The van der Waals surface area contributed by atoms with Crippen LogP contribution in [0.3, 0.4) is 0 Å². The summed E-state index contributed by atoms with van der Waals surface area (Å²) >= 11 is 0. The lowest BCUT2D eigenvalue weighted by Crippen LogP contribution is -2.29. The molecular weight excluding hydrogens is 221 g/mol. The highest BCUT2D eigenvalue weighted by molar-refractivity contribution is 6.60. The number of hydrogen-bond acceptors (Lipinski definition) is 0. The maximum atomic E-state index is 12.2. The fraction of sp³-hybridized carbons (Fsp3) is 1.00. The summed E-state index contributed by atoms with van der Waals surface area (Å²) in [6.45, 7) is -4.87. The molecule has 1 fully saturated rings. The molecule has 0 heterocycles. The van der Waals surface area contributed by atoms with Gasteiger partial charge in [-0.1, -0.05) is 31.5 Å². The fourth-order valence-corrected chi connectivity index (χ4v) is 2.10. The molecule has 7 heteroatoms. The summed E-state index contributed by atoms with van der Waals surface area (Å²) in [6.07, 6.45) is -5.36. The monoisotopic (exact) mass is 233 g/mol. The Morgan fingerprint density at radius 3 is 1.73 bits per heavy atom. The average molecular weight is 233 g/mol. The molecule has 0 unspecified atom stereocenters. The predicted molar refractivity (Wildman–Crippen MR) is 45.5 cm³/mol. The first-order chi connectivity index (χ1) is 6.68. The Bertz CT molecular complexity index is 200. The molecule has 1 aliphatic carbocycles. The molecule has 0 atom stereocenters. The van der Waals surface area contributed by atoms with Crippen molar-refractivity contribution in [2.75, 3.05) is 0 Å². The molecule has 0 saturated heterocycles. The molecule has 0 radical (unpaired) electrons. The fourth-order valence-electron chi connectivity index (χ4n) is 2.10. The van der Waals surface area contributed by atoms with Gasteiger partial charge in [0.2, 0.25) is 0 Å². The Kier molecular flexibility index (Phi) is 3.61. The molecule has 0 aromatic carbocycles. The summed E-state index contributed by atoms with van der Waals surface area (Å²) in [6, 6.07) is 0. The second-order valence-corrected chi connectivity index (χ2v) is 4.23. The minimum Gasteiger partial charge on any atom is -0.449 e. The van der Waals surface area contributed by atoms with Gasteiger partial charge in [0.15, 0.2) is 0 Å². The van der Waals surface area contributed by atoms with Crippen molar-refractivity contribution in [1.82, 2.24) is 0 Å². The van der Waals surface area contributed by atoms with Crippen LogP contribution in [0.15, 0.2) is 0 Å². The van der Waals surface area contributed by atoms with E-state index in [1.165, 1.54) is 0 Å². The van der Waals surface area contributed by atoms with Crippen LogP contribution >= 0.6 is 0 Å². The van der Waals surface area contributed by atoms with Crippen molar-refractivity contribution in [2.24, 2.45) is 5.92 Å². The SMILES string of the molecule is F[B-](F)(F)C1CCC(CC(F)(F)F)CC1. The maximum absolute atomic E-state index is 12.2. The Morgan fingerprint density at radius 1 is 0.933 bits per heavy atom. The summed E-state index contributed by atoms with van der Waals surface area (Å²) < 4.78 is 72.6. The van der Waals surface area contributed by atoms with Crippen molar-refractivity contribution in [3.63, 3.8) is 0 Å². The molecule has 1 aliphatic rings. The highest BCUT2D eigenvalue weighted by atomic mass is 19.4. The first-order valence-electron chi connectivity index (χ1n) is 4.95. The highest BCUT2D eigenvalue weighted by Gasteiger charge is 2.39. The summed E-state index contributed by atoms with van der Waals surface area (Å²) in [5.41, 5.74) is 0. The molecule has 0 N–H and O–H groups in total. The van der Waals surface area contributed by atoms with E-state index in [9.17, 15) is 26.1 Å². The van der Waals surface area contributed by atoms with Gasteiger partial charge in [0.1, 0.15) is 0 Å². The average Bonchev–Trinajstić information content (AvgIpc) is 2.00. The second-order valence-electron chi connectivity index (χ2n) is 4.23. The van der Waals surface area contributed by atoms with Crippen LogP contribution in [-0.4, -0.2) is 13.2 Å². The topological polar surface area (TPSA) is 0 Å². The standard InChI is InChI=1S/C8H12BF6/c10-8(11,12)5-6-1-3-7(4-2-6)9(13,14)15/h6-7H,1-5H2/q-1. The summed E-state index contributed by atoms with van der Waals surface area (Å²) in [4.78, 5) is 0. The van der Waals surface area contributed by atoms with Gasteiger partial charge < -0.3 is 12.9 Å². The van der Waals surface area contributed by atoms with E-state index in [0.29, 0.717) is 0 Å². The van der Waals surface area contributed by atoms with Crippen LogP contribution in [0.1, 0.15) is 32.1 Å². The van der Waals surface area contributed by atoms with E-state index in [0.717, 1.165) is 0 Å². The lowest BCUT2D eigenvalue weighted by atomic mass is 9.63. The molecule has 0 amide bonds. The van der Waals surface area contributed by atoms with Crippen molar-refractivity contribution >= 4 is 6.98 Å². The van der Waals surface area contributed by atoms with Crippen LogP contribution < -0.4 is 0 Å². The minimum absolute atomic E-state index is 0.0471. The molecule has 0 aromatic rings. The first kappa shape index (κ1) is 12.7. The molecule has 0 aromatic heterocycles. The second kappa shape index (κ2) is 4.25. The zero-order valence-corrected chi connectivity index (χ0v) is 8.04. The van der Waals surface area contributed by atoms with Crippen LogP contribution in [0.4, 0.5) is 26.1 Å². The van der Waals surface area contributed by atoms with Crippen LogP contribution in [0.25, 0.3) is 0 Å². The minimum atomic E-state index is -4.87. The number of alkyl halides is 3. The number of hydrogen-bond donors (Lipinski definition) is 0. The zero-order chi connectivity index (χ0) is 11.7. The molecular formula is C8H12BF6-. The smallest absolute Gasteiger partial charge is 0.449 e. The highest BCUT2D eigenvalue weighted by Crippen LogP contribution is 2.43. The van der Waals surface area contributed by atoms with E-state index in [2.05, 4.69) is 0 Å². The van der Waals surface area contributed by atoms with Crippen LogP contribution in [0.5, 0.6) is 0 Å². The van der Waals surface area contributed by atoms with Gasteiger partial charge in [-0.15, -0.1) is 0 Å². The van der Waals surface area contributed by atoms with Crippen LogP contribution in [0.2, 0.25) is 5.82 Å². The summed E-state index contributed by atoms with van der Waals surface area (Å²) in [7, 11) is 0. The van der Waals surface area contributed by atoms with Crippen molar-refractivity contribution in [2.45, 2.75) is 44.1 Å². The van der Waals surface area contributed by atoms with Gasteiger partial charge in [-0.3, -0.25) is 0 Å². The van der Waals surface area contributed by atoms with E-state index in [1.807, 2.05) is 0 Å². The van der Waals surface area contributed by atoms with E-state index in [4.69, 9.17) is 0 Å². The predicted octanol–water partition coefficient (Wildman–Crippen LogP) is 4.35. The molecule has 1 rings (SSSR count). The summed E-state index contributed by atoms with van der Waals surface area (Å²) in [5, 5.41) is 0. The van der Waals surface area contributed by atoms with Gasteiger partial charge in [0.25, 0.3) is 0 Å². The maximum Gasteiger partial charge on any atom is 0.481 e. The van der Waals surface area contributed by atoms with Crippen molar-refractivity contribution in [3.8, 4) is 0 Å². The Balaban J connectivity index is 2.37. The van der Waals surface area contributed by atoms with Crippen LogP contribution in [-0.2, 0) is 0 Å². The number of rotatable bonds is 2. The van der Waals surface area contributed by atoms with E-state index < -0.39 is 31.3 Å². The Hall–Kier alpha value is -0.355. The zero-order valence-electron chi connectivity index (χ0n) is 8.04. The lowest BCUT2D eigenvalue weighted by molar-refractivity contribution is -0.146. The van der Waals surface area contributed by atoms with Gasteiger partial charge >= 0.3 is 13.2 Å². The van der Waals surface area contributed by atoms with E-state index >= 15 is 0 Å². The molecule has 1 saturated carbocycles. The lowest BCUT2D eigenvalue weighted by Gasteiger charge is -2.34. The molecule has 0 spiro atoms. The third-order valence-electron chi connectivity index (χ3n) is 2.95. The molecule has 0 nitrogen and oxygen atoms in total. The van der Waals surface area contributed by atoms with Gasteiger partial charge in [-0.2, -0.15) is 13.2 Å². The molecule has 15 heavy (non-hydrogen) atoms. The third-order valence-corrected chi connectivity index (χ3v) is 2.95. The van der Waals surface area contributed by atoms with Gasteiger partial charge in [-0.05, 0) is 5.92 Å². The number of halogens is 6. The Labute approximate surface area is 84.1 Å². The van der Waals surface area contributed by atoms with Gasteiger partial charge in [0, 0.05) is 6.42 Å². The van der Waals surface area contributed by atoms with E-state index in [1.54, 1.807) is 0 Å². The van der Waals surface area contributed by atoms with Gasteiger partial charge in [-0.25, -0.2) is 0 Å². The van der Waals surface area contributed by atoms with Gasteiger partial charge in [0.05, 0.1) is 0 Å². The molecule has 90 valence electrons. The van der Waals surface area contributed by atoms with Crippen molar-refractivity contribution in [1.29, 1.82) is 0 Å². The van der Waals surface area contributed by atoms with Crippen molar-refractivity contribution in [3.05, 3.63) is 0 Å². The Morgan fingerprint density at radius 2 is 1.40 bits per heavy atom. The summed E-state index contributed by atoms with van der Waals surface area (Å²) in [5.74, 6) is -1.95. The quantitative estimate of drug-likeness (QED) is 0.491. The van der Waals surface area contributed by atoms with Crippen molar-refractivity contribution < 1.29 is 26.1 Å².